The van der Waals surface area contributed by atoms with Crippen LogP contribution >= 0.6 is 11.8 Å². The average Bonchev–Trinajstić information content (AvgIpc) is 3.71. The van der Waals surface area contributed by atoms with Crippen LogP contribution in [-0.4, -0.2) is 19.1 Å². The molecule has 4 nitrogen and oxygen atoms in total. The number of aromatic nitrogens is 4. The summed E-state index contributed by atoms with van der Waals surface area (Å²) >= 11 is 1.81. The van der Waals surface area contributed by atoms with E-state index in [2.05, 4.69) is 174 Å². The molecule has 4 heterocycles. The Kier molecular flexibility index (Phi) is 6.29. The van der Waals surface area contributed by atoms with Crippen LogP contribution in [0.25, 0.3) is 94.5 Å². The molecule has 54 heavy (non-hydrogen) atoms. The van der Waals surface area contributed by atoms with Gasteiger partial charge >= 0.3 is 0 Å². The Morgan fingerprint density at radius 1 is 0.593 bits per heavy atom. The SMILES string of the molecule is CC1C=Cc2c(n(-c3nc4c5c(cccc5n3)Sc3ccccc3-4)c3ccc(-c4ccc5c(c4)c4cc6ccccc6cc4n5-c4ccccc4)cc23)C1. The number of fused-ring (bicyclic) bond motifs is 9. The highest BCUT2D eigenvalue weighted by atomic mass is 32.2. The number of hydrogen-bond acceptors (Lipinski definition) is 3. The first kappa shape index (κ1) is 30.1. The summed E-state index contributed by atoms with van der Waals surface area (Å²) in [5, 5.41) is 7.38. The molecular formula is C49H32N4S. The van der Waals surface area contributed by atoms with Crippen molar-refractivity contribution >= 4 is 72.2 Å². The number of rotatable bonds is 3. The molecule has 0 fully saturated rings. The van der Waals surface area contributed by atoms with Gasteiger partial charge in [0.25, 0.3) is 0 Å². The molecule has 0 amide bonds. The van der Waals surface area contributed by atoms with Crippen LogP contribution in [0.2, 0.25) is 0 Å². The Morgan fingerprint density at radius 3 is 2.15 bits per heavy atom. The van der Waals surface area contributed by atoms with Crippen molar-refractivity contribution in [3.8, 4) is 34.0 Å². The Morgan fingerprint density at radius 2 is 1.30 bits per heavy atom. The van der Waals surface area contributed by atoms with Gasteiger partial charge in [-0.15, -0.1) is 0 Å². The predicted octanol–water partition coefficient (Wildman–Crippen LogP) is 12.8. The molecule has 1 atom stereocenters. The van der Waals surface area contributed by atoms with Crippen molar-refractivity contribution in [3.05, 3.63) is 163 Å². The molecule has 10 aromatic rings. The van der Waals surface area contributed by atoms with Gasteiger partial charge in [0.2, 0.25) is 5.95 Å². The predicted molar refractivity (Wildman–Crippen MR) is 225 cm³/mol. The molecule has 0 saturated heterocycles. The Hall–Kier alpha value is -6.43. The van der Waals surface area contributed by atoms with Gasteiger partial charge in [-0.25, -0.2) is 9.97 Å². The molecule has 0 saturated carbocycles. The molecule has 5 heteroatoms. The van der Waals surface area contributed by atoms with Gasteiger partial charge in [0.05, 0.1) is 27.8 Å². The fraction of sp³-hybridized carbons (Fsp3) is 0.0612. The molecule has 0 spiro atoms. The minimum atomic E-state index is 0.419. The molecule has 254 valence electrons. The Labute approximate surface area is 316 Å². The van der Waals surface area contributed by atoms with Gasteiger partial charge in [0.1, 0.15) is 0 Å². The van der Waals surface area contributed by atoms with E-state index < -0.39 is 0 Å². The van der Waals surface area contributed by atoms with Crippen LogP contribution < -0.4 is 0 Å². The topological polar surface area (TPSA) is 35.6 Å². The molecular weight excluding hydrogens is 677 g/mol. The van der Waals surface area contributed by atoms with E-state index in [0.29, 0.717) is 5.92 Å². The van der Waals surface area contributed by atoms with E-state index in [4.69, 9.17) is 9.97 Å². The fourth-order valence-electron chi connectivity index (χ4n) is 8.93. The normalized spacial score (nSPS) is 14.7. The first-order valence-corrected chi connectivity index (χ1v) is 19.4. The van der Waals surface area contributed by atoms with Crippen LogP contribution in [-0.2, 0) is 6.42 Å². The highest BCUT2D eigenvalue weighted by Gasteiger charge is 2.27. The van der Waals surface area contributed by atoms with Gasteiger partial charge < -0.3 is 4.57 Å². The van der Waals surface area contributed by atoms with Crippen LogP contribution in [0, 0.1) is 5.92 Å². The molecule has 7 aromatic carbocycles. The van der Waals surface area contributed by atoms with E-state index in [1.807, 2.05) is 11.8 Å². The molecule has 1 aliphatic carbocycles. The van der Waals surface area contributed by atoms with Crippen LogP contribution in [0.3, 0.4) is 0 Å². The van der Waals surface area contributed by atoms with E-state index in [1.165, 1.54) is 81.4 Å². The van der Waals surface area contributed by atoms with Gasteiger partial charge in [0.15, 0.2) is 0 Å². The van der Waals surface area contributed by atoms with Crippen molar-refractivity contribution in [1.29, 1.82) is 0 Å². The quantitative estimate of drug-likeness (QED) is 0.183. The van der Waals surface area contributed by atoms with Crippen LogP contribution in [0.5, 0.6) is 0 Å². The van der Waals surface area contributed by atoms with E-state index in [1.54, 1.807) is 0 Å². The molecule has 1 unspecified atom stereocenters. The number of hydrogen-bond donors (Lipinski definition) is 0. The fourth-order valence-corrected chi connectivity index (χ4v) is 10.0. The molecule has 0 radical (unpaired) electrons. The smallest absolute Gasteiger partial charge is 0.235 e. The van der Waals surface area contributed by atoms with Gasteiger partial charge in [0, 0.05) is 53.8 Å². The summed E-state index contributed by atoms with van der Waals surface area (Å²) < 4.78 is 4.74. The lowest BCUT2D eigenvalue weighted by Crippen LogP contribution is -2.12. The minimum absolute atomic E-state index is 0.419. The van der Waals surface area contributed by atoms with Gasteiger partial charge in [-0.3, -0.25) is 4.57 Å². The second-order valence-corrected chi connectivity index (χ2v) is 15.8. The summed E-state index contributed by atoms with van der Waals surface area (Å²) in [7, 11) is 0. The number of para-hydroxylation sites is 1. The highest BCUT2D eigenvalue weighted by molar-refractivity contribution is 7.99. The standard InChI is InChI=1S/C49H32N4S/c1-29-18-21-35-37-26-32(33-19-22-41-38(27-33)39-25-30-10-5-6-11-31(30)28-44(39)52(41)34-12-3-2-4-13-34)20-23-42(37)53(43(35)24-29)49-50-40-15-9-17-46-47(40)48(51-49)36-14-7-8-16-45(36)54-46/h2-23,25-29H,24H2,1H3. The summed E-state index contributed by atoms with van der Waals surface area (Å²) in [4.78, 5) is 13.1. The summed E-state index contributed by atoms with van der Waals surface area (Å²) in [5.41, 5.74) is 12.8. The summed E-state index contributed by atoms with van der Waals surface area (Å²) in [6.07, 6.45) is 5.60. The van der Waals surface area contributed by atoms with Crippen LogP contribution in [0.4, 0.5) is 0 Å². The maximum absolute atomic E-state index is 5.40. The van der Waals surface area contributed by atoms with Crippen molar-refractivity contribution < 1.29 is 0 Å². The maximum atomic E-state index is 5.40. The summed E-state index contributed by atoms with van der Waals surface area (Å²) in [6, 6.07) is 53.1. The maximum Gasteiger partial charge on any atom is 0.235 e. The molecule has 3 aromatic heterocycles. The Bertz CT molecular complexity index is 3240. The van der Waals surface area contributed by atoms with Crippen LogP contribution in [0.15, 0.2) is 161 Å². The monoisotopic (exact) mass is 708 g/mol. The molecule has 12 rings (SSSR count). The van der Waals surface area contributed by atoms with Crippen molar-refractivity contribution in [2.45, 2.75) is 23.1 Å². The van der Waals surface area contributed by atoms with E-state index in [-0.39, 0.29) is 0 Å². The van der Waals surface area contributed by atoms with E-state index >= 15 is 0 Å². The molecule has 2 aliphatic rings. The van der Waals surface area contributed by atoms with Crippen LogP contribution in [0.1, 0.15) is 18.2 Å². The minimum Gasteiger partial charge on any atom is -0.309 e. The van der Waals surface area contributed by atoms with Gasteiger partial charge in [-0.1, -0.05) is 110 Å². The lowest BCUT2D eigenvalue weighted by atomic mass is 9.94. The lowest BCUT2D eigenvalue weighted by Gasteiger charge is -2.21. The molecule has 1 aliphatic heterocycles. The number of allylic oxidation sites excluding steroid dienone is 1. The summed E-state index contributed by atoms with van der Waals surface area (Å²) in [6.45, 7) is 2.29. The second-order valence-electron chi connectivity index (χ2n) is 14.7. The zero-order chi connectivity index (χ0) is 35.5. The Balaban J connectivity index is 1.07. The van der Waals surface area contributed by atoms with Gasteiger partial charge in [-0.2, -0.15) is 0 Å². The third-order valence-corrected chi connectivity index (χ3v) is 12.6. The molecule has 0 N–H and O–H groups in total. The zero-order valence-electron chi connectivity index (χ0n) is 29.5. The average molecular weight is 709 g/mol. The zero-order valence-corrected chi connectivity index (χ0v) is 30.3. The van der Waals surface area contributed by atoms with Crippen molar-refractivity contribution in [3.63, 3.8) is 0 Å². The van der Waals surface area contributed by atoms with E-state index in [9.17, 15) is 0 Å². The van der Waals surface area contributed by atoms with Crippen molar-refractivity contribution in [1.82, 2.24) is 19.1 Å². The number of nitrogens with zero attached hydrogens (tertiary/aromatic N) is 4. The number of benzene rings is 7. The second kappa shape index (κ2) is 11.3. The van der Waals surface area contributed by atoms with Crippen molar-refractivity contribution in [2.24, 2.45) is 5.92 Å². The van der Waals surface area contributed by atoms with Gasteiger partial charge in [-0.05, 0) is 101 Å². The molecule has 0 bridgehead atoms. The third-order valence-electron chi connectivity index (χ3n) is 11.4. The summed E-state index contributed by atoms with van der Waals surface area (Å²) in [5.74, 6) is 1.16. The van der Waals surface area contributed by atoms with E-state index in [0.717, 1.165) is 34.5 Å². The van der Waals surface area contributed by atoms with Crippen molar-refractivity contribution in [2.75, 3.05) is 0 Å². The first-order valence-electron chi connectivity index (χ1n) is 18.6. The lowest BCUT2D eigenvalue weighted by molar-refractivity contribution is 0.685. The third kappa shape index (κ3) is 4.33. The highest BCUT2D eigenvalue weighted by Crippen LogP contribution is 2.47. The first-order chi connectivity index (χ1) is 26.7. The largest absolute Gasteiger partial charge is 0.309 e.